The van der Waals surface area contributed by atoms with Gasteiger partial charge in [-0.2, -0.15) is 0 Å². The monoisotopic (exact) mass is 543 g/mol. The summed E-state index contributed by atoms with van der Waals surface area (Å²) in [5.74, 6) is 0.137. The van der Waals surface area contributed by atoms with Gasteiger partial charge in [0.25, 0.3) is 5.91 Å². The summed E-state index contributed by atoms with van der Waals surface area (Å²) in [6.45, 7) is 2.93. The second kappa shape index (κ2) is 12.0. The molecule has 2 aliphatic heterocycles. The summed E-state index contributed by atoms with van der Waals surface area (Å²) in [6, 6.07) is 12.4. The van der Waals surface area contributed by atoms with Crippen LogP contribution in [0.1, 0.15) is 41.1 Å². The van der Waals surface area contributed by atoms with E-state index in [1.165, 1.54) is 0 Å². The SMILES string of the molecule is CN(C(=O)c1ccc(Cl)cc1)[C@@H]1CCN(C(=O)C2CCNCC2)C[C@H]1c1ccc(Cl)c(Cl)c1.Cl. The number of nitrogens with one attached hydrogen (secondary N) is 1. The minimum Gasteiger partial charge on any atom is -0.342 e. The van der Waals surface area contributed by atoms with E-state index in [0.29, 0.717) is 40.1 Å². The molecule has 0 saturated carbocycles. The van der Waals surface area contributed by atoms with Crippen LogP contribution in [0.4, 0.5) is 0 Å². The molecule has 2 aromatic carbocycles. The van der Waals surface area contributed by atoms with Gasteiger partial charge in [-0.1, -0.05) is 40.9 Å². The average molecular weight is 545 g/mol. The van der Waals surface area contributed by atoms with Crippen LogP contribution in [0.25, 0.3) is 0 Å². The molecule has 0 unspecified atom stereocenters. The molecule has 0 aromatic heterocycles. The van der Waals surface area contributed by atoms with Crippen molar-refractivity contribution >= 4 is 59.0 Å². The third-order valence-electron chi connectivity index (χ3n) is 6.86. The Labute approximate surface area is 222 Å². The second-order valence-corrected chi connectivity index (χ2v) is 10.1. The lowest BCUT2D eigenvalue weighted by Crippen LogP contribution is -2.53. The van der Waals surface area contributed by atoms with Crippen LogP contribution in [-0.4, -0.2) is 60.9 Å². The fourth-order valence-electron chi connectivity index (χ4n) is 4.95. The van der Waals surface area contributed by atoms with E-state index in [4.69, 9.17) is 34.8 Å². The summed E-state index contributed by atoms with van der Waals surface area (Å²) < 4.78 is 0. The molecule has 2 fully saturated rings. The topological polar surface area (TPSA) is 52.7 Å². The number of rotatable bonds is 4. The largest absolute Gasteiger partial charge is 0.342 e. The van der Waals surface area contributed by atoms with Gasteiger partial charge in [-0.3, -0.25) is 9.59 Å². The van der Waals surface area contributed by atoms with E-state index in [2.05, 4.69) is 5.32 Å². The van der Waals surface area contributed by atoms with Crippen molar-refractivity contribution in [3.63, 3.8) is 0 Å². The zero-order valence-corrected chi connectivity index (χ0v) is 22.1. The van der Waals surface area contributed by atoms with Gasteiger partial charge < -0.3 is 15.1 Å². The van der Waals surface area contributed by atoms with Crippen molar-refractivity contribution in [3.05, 3.63) is 68.7 Å². The van der Waals surface area contributed by atoms with Gasteiger partial charge >= 0.3 is 0 Å². The van der Waals surface area contributed by atoms with Gasteiger partial charge in [-0.15, -0.1) is 12.4 Å². The minimum absolute atomic E-state index is 0. The Balaban J connectivity index is 0.00000324. The van der Waals surface area contributed by atoms with Gasteiger partial charge in [0, 0.05) is 48.6 Å². The van der Waals surface area contributed by atoms with Gasteiger partial charge in [0.2, 0.25) is 5.91 Å². The zero-order chi connectivity index (χ0) is 23.5. The van der Waals surface area contributed by atoms with E-state index < -0.39 is 0 Å². The van der Waals surface area contributed by atoms with Crippen LogP contribution in [0.3, 0.4) is 0 Å². The molecule has 2 aliphatic rings. The third-order valence-corrected chi connectivity index (χ3v) is 7.85. The highest BCUT2D eigenvalue weighted by Crippen LogP contribution is 2.35. The minimum atomic E-state index is -0.0810. The highest BCUT2D eigenvalue weighted by atomic mass is 35.5. The number of amides is 2. The van der Waals surface area contributed by atoms with Crippen LogP contribution in [0.15, 0.2) is 42.5 Å². The number of nitrogens with zero attached hydrogens (tertiary/aromatic N) is 2. The average Bonchev–Trinajstić information content (AvgIpc) is 2.85. The summed E-state index contributed by atoms with van der Waals surface area (Å²) in [4.78, 5) is 30.3. The lowest BCUT2D eigenvalue weighted by molar-refractivity contribution is -0.138. The van der Waals surface area contributed by atoms with Crippen molar-refractivity contribution in [3.8, 4) is 0 Å². The predicted octanol–water partition coefficient (Wildman–Crippen LogP) is 5.52. The lowest BCUT2D eigenvalue weighted by atomic mass is 9.84. The molecule has 1 N–H and O–H groups in total. The molecule has 0 radical (unpaired) electrons. The second-order valence-electron chi connectivity index (χ2n) is 8.87. The number of benzene rings is 2. The van der Waals surface area contributed by atoms with Crippen molar-refractivity contribution < 1.29 is 9.59 Å². The fourth-order valence-corrected chi connectivity index (χ4v) is 5.38. The van der Waals surface area contributed by atoms with Gasteiger partial charge in [0.15, 0.2) is 0 Å². The third kappa shape index (κ3) is 6.00. The summed E-state index contributed by atoms with van der Waals surface area (Å²) in [6.07, 6.45) is 2.42. The fraction of sp³-hybridized carbons (Fsp3) is 0.440. The Kier molecular flexibility index (Phi) is 9.53. The number of hydrogen-bond acceptors (Lipinski definition) is 3. The molecule has 2 atom stereocenters. The summed E-state index contributed by atoms with van der Waals surface area (Å²) in [7, 11) is 1.83. The number of carbonyl (C=O) groups is 2. The van der Waals surface area contributed by atoms with E-state index in [1.807, 2.05) is 24.1 Å². The summed E-state index contributed by atoms with van der Waals surface area (Å²) in [5.41, 5.74) is 1.57. The molecular formula is C25H29Cl4N3O2. The number of likely N-dealkylation sites (N-methyl/N-ethyl adjacent to an activating group) is 1. The van der Waals surface area contributed by atoms with Crippen LogP contribution in [0, 0.1) is 5.92 Å². The quantitative estimate of drug-likeness (QED) is 0.551. The Bertz CT molecular complexity index is 1010. The van der Waals surface area contributed by atoms with Gasteiger partial charge in [0.1, 0.15) is 0 Å². The van der Waals surface area contributed by atoms with Gasteiger partial charge in [-0.25, -0.2) is 0 Å². The highest BCUT2D eigenvalue weighted by Gasteiger charge is 2.38. The number of piperidine rings is 2. The first-order valence-electron chi connectivity index (χ1n) is 11.3. The molecule has 0 spiro atoms. The molecule has 2 saturated heterocycles. The maximum absolute atomic E-state index is 13.3. The molecular weight excluding hydrogens is 516 g/mol. The molecule has 4 rings (SSSR count). The van der Waals surface area contributed by atoms with Crippen LogP contribution >= 0.6 is 47.2 Å². The van der Waals surface area contributed by atoms with Crippen LogP contribution in [-0.2, 0) is 4.79 Å². The molecule has 184 valence electrons. The molecule has 2 amide bonds. The Morgan fingerprint density at radius 3 is 2.29 bits per heavy atom. The number of carbonyl (C=O) groups excluding carboxylic acids is 2. The van der Waals surface area contributed by atoms with Crippen molar-refractivity contribution in [1.82, 2.24) is 15.1 Å². The number of hydrogen-bond donors (Lipinski definition) is 1. The van der Waals surface area contributed by atoms with E-state index in [0.717, 1.165) is 31.5 Å². The molecule has 5 nitrogen and oxygen atoms in total. The Hall–Kier alpha value is -1.50. The smallest absolute Gasteiger partial charge is 0.253 e. The normalized spacial score (nSPS) is 21.0. The first kappa shape index (κ1) is 27.1. The first-order valence-corrected chi connectivity index (χ1v) is 12.5. The maximum Gasteiger partial charge on any atom is 0.253 e. The lowest BCUT2D eigenvalue weighted by Gasteiger charge is -2.44. The predicted molar refractivity (Wildman–Crippen MR) is 141 cm³/mol. The summed E-state index contributed by atoms with van der Waals surface area (Å²) >= 11 is 18.5. The Morgan fingerprint density at radius 1 is 0.971 bits per heavy atom. The van der Waals surface area contributed by atoms with E-state index >= 15 is 0 Å². The van der Waals surface area contributed by atoms with E-state index in [1.54, 1.807) is 35.2 Å². The molecule has 9 heteroatoms. The zero-order valence-electron chi connectivity index (χ0n) is 19.0. The van der Waals surface area contributed by atoms with Crippen molar-refractivity contribution in [1.29, 1.82) is 0 Å². The van der Waals surface area contributed by atoms with E-state index in [-0.39, 0.29) is 42.1 Å². The van der Waals surface area contributed by atoms with E-state index in [9.17, 15) is 9.59 Å². The molecule has 2 aromatic rings. The maximum atomic E-state index is 13.3. The standard InChI is InChI=1S/C25H28Cl3N3O2.ClH/c1-30(24(32)16-2-5-19(26)6-3-16)23-10-13-31(25(33)17-8-11-29-12-9-17)15-20(23)18-4-7-21(27)22(28)14-18;/h2-7,14,17,20,23,29H,8-13,15H2,1H3;1H/t20-,23+;/m0./s1. The van der Waals surface area contributed by atoms with Gasteiger partial charge in [0.05, 0.1) is 10.0 Å². The van der Waals surface area contributed by atoms with Crippen LogP contribution < -0.4 is 5.32 Å². The van der Waals surface area contributed by atoms with Crippen molar-refractivity contribution in [2.75, 3.05) is 33.2 Å². The Morgan fingerprint density at radius 2 is 1.65 bits per heavy atom. The molecule has 34 heavy (non-hydrogen) atoms. The molecule has 0 aliphatic carbocycles. The van der Waals surface area contributed by atoms with Crippen LogP contribution in [0.2, 0.25) is 15.1 Å². The van der Waals surface area contributed by atoms with Gasteiger partial charge in [-0.05, 0) is 74.3 Å². The highest BCUT2D eigenvalue weighted by molar-refractivity contribution is 6.42. The van der Waals surface area contributed by atoms with Crippen molar-refractivity contribution in [2.45, 2.75) is 31.2 Å². The summed E-state index contributed by atoms with van der Waals surface area (Å²) in [5, 5.41) is 4.87. The number of halogens is 4. The van der Waals surface area contributed by atoms with Crippen LogP contribution in [0.5, 0.6) is 0 Å². The molecule has 0 bridgehead atoms. The van der Waals surface area contributed by atoms with Crippen molar-refractivity contribution in [2.24, 2.45) is 5.92 Å². The first-order chi connectivity index (χ1) is 15.8. The number of likely N-dealkylation sites (tertiary alicyclic amines) is 1. The molecule has 2 heterocycles.